The van der Waals surface area contributed by atoms with E-state index in [1.807, 2.05) is 6.92 Å². The zero-order valence-corrected chi connectivity index (χ0v) is 12.0. The van der Waals surface area contributed by atoms with Gasteiger partial charge in [0, 0.05) is 18.3 Å². The highest BCUT2D eigenvalue weighted by Crippen LogP contribution is 2.17. The molecule has 3 N–H and O–H groups in total. The van der Waals surface area contributed by atoms with Gasteiger partial charge in [0.2, 0.25) is 0 Å². The number of carbonyl (C=O) groups excluding carboxylic acids is 1. The third-order valence-electron chi connectivity index (χ3n) is 2.95. The normalized spacial score (nSPS) is 11.9. The lowest BCUT2D eigenvalue weighted by atomic mass is 10.1. The van der Waals surface area contributed by atoms with Crippen LogP contribution in [-0.2, 0) is 11.2 Å². The molecule has 1 amide bonds. The molecule has 0 saturated heterocycles. The summed E-state index contributed by atoms with van der Waals surface area (Å²) >= 11 is 6.01. The second-order valence-electron chi connectivity index (χ2n) is 4.63. The minimum Gasteiger partial charge on any atom is -0.480 e. The first-order valence-corrected chi connectivity index (χ1v) is 6.62. The highest BCUT2D eigenvalue weighted by Gasteiger charge is 2.22. The molecule has 0 aliphatic rings. The van der Waals surface area contributed by atoms with Crippen LogP contribution in [0.5, 0.6) is 0 Å². The van der Waals surface area contributed by atoms with E-state index in [2.05, 4.69) is 15.3 Å². The number of carboxylic acids is 1. The molecule has 0 unspecified atom stereocenters. The number of aliphatic carboxylic acids is 1. The van der Waals surface area contributed by atoms with Gasteiger partial charge in [0.15, 0.2) is 0 Å². The smallest absolute Gasteiger partial charge is 0.326 e. The van der Waals surface area contributed by atoms with Crippen molar-refractivity contribution >= 4 is 23.5 Å². The topological polar surface area (TPSA) is 95.1 Å². The quantitative estimate of drug-likeness (QED) is 0.785. The molecule has 0 saturated carbocycles. The number of aromatic amines is 1. The van der Waals surface area contributed by atoms with Crippen molar-refractivity contribution in [1.82, 2.24) is 15.3 Å². The number of aromatic nitrogens is 2. The fraction of sp³-hybridized carbons (Fsp3) is 0.214. The third-order valence-corrected chi connectivity index (χ3v) is 3.26. The lowest BCUT2D eigenvalue weighted by molar-refractivity contribution is -0.139. The summed E-state index contributed by atoms with van der Waals surface area (Å²) in [5.74, 6) is -1.65. The minimum atomic E-state index is -1.12. The van der Waals surface area contributed by atoms with Crippen LogP contribution in [0.4, 0.5) is 0 Å². The number of hydrogen-bond acceptors (Lipinski definition) is 3. The van der Waals surface area contributed by atoms with Gasteiger partial charge in [-0.05, 0) is 24.6 Å². The molecular weight excluding hydrogens is 294 g/mol. The minimum absolute atomic E-state index is 0.116. The number of imidazole rings is 1. The van der Waals surface area contributed by atoms with Gasteiger partial charge in [0.05, 0.1) is 16.9 Å². The number of carboxylic acid groups (broad SMARTS) is 1. The van der Waals surface area contributed by atoms with Crippen molar-refractivity contribution in [2.24, 2.45) is 0 Å². The van der Waals surface area contributed by atoms with Crippen molar-refractivity contribution in [2.45, 2.75) is 19.4 Å². The lowest BCUT2D eigenvalue weighted by Gasteiger charge is -2.14. The molecule has 1 atom stereocenters. The monoisotopic (exact) mass is 307 g/mol. The number of aryl methyl sites for hydroxylation is 1. The summed E-state index contributed by atoms with van der Waals surface area (Å²) in [4.78, 5) is 30.0. The lowest BCUT2D eigenvalue weighted by Crippen LogP contribution is -2.42. The summed E-state index contributed by atoms with van der Waals surface area (Å²) in [7, 11) is 0. The number of amides is 1. The molecule has 0 bridgehead atoms. The number of rotatable bonds is 5. The summed E-state index contributed by atoms with van der Waals surface area (Å²) in [5.41, 5.74) is 1.79. The van der Waals surface area contributed by atoms with Crippen LogP contribution >= 0.6 is 11.6 Å². The summed E-state index contributed by atoms with van der Waals surface area (Å²) in [6.07, 6.45) is 3.08. The maximum Gasteiger partial charge on any atom is 0.326 e. The molecule has 0 radical (unpaired) electrons. The van der Waals surface area contributed by atoms with Gasteiger partial charge < -0.3 is 15.4 Å². The van der Waals surface area contributed by atoms with Gasteiger partial charge in [-0.1, -0.05) is 17.7 Å². The Morgan fingerprint density at radius 3 is 2.81 bits per heavy atom. The molecule has 1 heterocycles. The number of benzene rings is 1. The summed E-state index contributed by atoms with van der Waals surface area (Å²) in [6.45, 7) is 1.85. The predicted molar refractivity (Wildman–Crippen MR) is 77.4 cm³/mol. The molecule has 0 aliphatic carbocycles. The molecule has 110 valence electrons. The summed E-state index contributed by atoms with van der Waals surface area (Å²) in [5, 5.41) is 11.9. The number of halogens is 1. The van der Waals surface area contributed by atoms with E-state index in [9.17, 15) is 14.7 Å². The Bertz CT molecular complexity index is 655. The Kier molecular flexibility index (Phi) is 4.59. The zero-order valence-electron chi connectivity index (χ0n) is 11.3. The Morgan fingerprint density at radius 1 is 1.48 bits per heavy atom. The molecule has 21 heavy (non-hydrogen) atoms. The first-order chi connectivity index (χ1) is 9.97. The van der Waals surface area contributed by atoms with Crippen LogP contribution in [-0.4, -0.2) is 33.0 Å². The molecule has 0 spiro atoms. The van der Waals surface area contributed by atoms with E-state index in [0.29, 0.717) is 5.69 Å². The molecule has 1 aromatic carbocycles. The van der Waals surface area contributed by atoms with Crippen molar-refractivity contribution in [3.8, 4) is 0 Å². The number of nitrogens with zero attached hydrogens (tertiary/aromatic N) is 1. The van der Waals surface area contributed by atoms with Crippen molar-refractivity contribution < 1.29 is 14.7 Å². The molecule has 1 aromatic heterocycles. The number of H-pyrrole nitrogens is 1. The third kappa shape index (κ3) is 3.82. The van der Waals surface area contributed by atoms with Crippen molar-refractivity contribution in [2.75, 3.05) is 0 Å². The zero-order chi connectivity index (χ0) is 15.4. The molecule has 6 nitrogen and oxygen atoms in total. The fourth-order valence-corrected chi connectivity index (χ4v) is 2.18. The average molecular weight is 308 g/mol. The second kappa shape index (κ2) is 6.41. The molecule has 2 aromatic rings. The van der Waals surface area contributed by atoms with Crippen LogP contribution in [0.3, 0.4) is 0 Å². The van der Waals surface area contributed by atoms with Crippen LogP contribution in [0.25, 0.3) is 0 Å². The molecule has 2 rings (SSSR count). The van der Waals surface area contributed by atoms with Crippen LogP contribution in [0, 0.1) is 6.92 Å². The summed E-state index contributed by atoms with van der Waals surface area (Å²) < 4.78 is 0. The maximum atomic E-state index is 12.1. The molecule has 7 heteroatoms. The van der Waals surface area contributed by atoms with E-state index in [-0.39, 0.29) is 17.0 Å². The van der Waals surface area contributed by atoms with Gasteiger partial charge in [0.25, 0.3) is 5.91 Å². The van der Waals surface area contributed by atoms with E-state index >= 15 is 0 Å². The standard InChI is InChI=1S/C14H14ClN3O3/c1-8-2-3-10(11(15)4-8)13(19)18-12(14(20)21)5-9-6-16-7-17-9/h2-4,6-7,12H,5H2,1H3,(H,16,17)(H,18,19)(H,20,21)/t12-/m0/s1. The predicted octanol–water partition coefficient (Wildman–Crippen LogP) is 1.80. The van der Waals surface area contributed by atoms with Crippen LogP contribution in [0.1, 0.15) is 21.6 Å². The fourth-order valence-electron chi connectivity index (χ4n) is 1.86. The molecule has 0 fully saturated rings. The number of hydrogen-bond donors (Lipinski definition) is 3. The second-order valence-corrected chi connectivity index (χ2v) is 5.04. The van der Waals surface area contributed by atoms with E-state index in [4.69, 9.17) is 11.6 Å². The van der Waals surface area contributed by atoms with Crippen LogP contribution < -0.4 is 5.32 Å². The van der Waals surface area contributed by atoms with Gasteiger partial charge in [-0.25, -0.2) is 9.78 Å². The van der Waals surface area contributed by atoms with E-state index < -0.39 is 17.9 Å². The van der Waals surface area contributed by atoms with Gasteiger partial charge in [-0.2, -0.15) is 0 Å². The van der Waals surface area contributed by atoms with Crippen LogP contribution in [0.2, 0.25) is 5.02 Å². The van der Waals surface area contributed by atoms with E-state index in [1.54, 1.807) is 18.2 Å². The Morgan fingerprint density at radius 2 is 2.24 bits per heavy atom. The van der Waals surface area contributed by atoms with Gasteiger partial charge >= 0.3 is 5.97 Å². The number of nitrogens with one attached hydrogen (secondary N) is 2. The first kappa shape index (κ1) is 15.1. The molecular formula is C14H14ClN3O3. The summed E-state index contributed by atoms with van der Waals surface area (Å²) in [6, 6.07) is 3.91. The van der Waals surface area contributed by atoms with Gasteiger partial charge in [0.1, 0.15) is 6.04 Å². The first-order valence-electron chi connectivity index (χ1n) is 6.24. The Balaban J connectivity index is 2.12. The van der Waals surface area contributed by atoms with E-state index in [1.165, 1.54) is 12.5 Å². The van der Waals surface area contributed by atoms with Gasteiger partial charge in [-0.3, -0.25) is 4.79 Å². The van der Waals surface area contributed by atoms with Crippen molar-refractivity contribution in [3.05, 3.63) is 52.6 Å². The van der Waals surface area contributed by atoms with E-state index in [0.717, 1.165) is 5.56 Å². The highest BCUT2D eigenvalue weighted by atomic mass is 35.5. The Labute approximate surface area is 126 Å². The molecule has 0 aliphatic heterocycles. The van der Waals surface area contributed by atoms with Gasteiger partial charge in [-0.15, -0.1) is 0 Å². The van der Waals surface area contributed by atoms with Crippen molar-refractivity contribution in [3.63, 3.8) is 0 Å². The van der Waals surface area contributed by atoms with Crippen molar-refractivity contribution in [1.29, 1.82) is 0 Å². The van der Waals surface area contributed by atoms with Crippen LogP contribution in [0.15, 0.2) is 30.7 Å². The Hall–Kier alpha value is -2.34. The SMILES string of the molecule is Cc1ccc(C(=O)N[C@@H](Cc2cnc[nH]2)C(=O)O)c(Cl)c1. The highest BCUT2D eigenvalue weighted by molar-refractivity contribution is 6.33. The maximum absolute atomic E-state index is 12.1. The number of carbonyl (C=O) groups is 2. The average Bonchev–Trinajstić information content (AvgIpc) is 2.90. The largest absolute Gasteiger partial charge is 0.480 e.